The summed E-state index contributed by atoms with van der Waals surface area (Å²) in [4.78, 5) is 12.3. The molecule has 1 N–H and O–H groups in total. The van der Waals surface area contributed by atoms with E-state index in [0.29, 0.717) is 5.56 Å². The number of carbonyl (C=O) groups is 1. The van der Waals surface area contributed by atoms with Gasteiger partial charge in [-0.15, -0.1) is 0 Å². The molecule has 2 aromatic rings. The highest BCUT2D eigenvalue weighted by atomic mass is 32.2. The quantitative estimate of drug-likeness (QED) is 0.792. The number of hydrogen-bond donors (Lipinski definition) is 1. The maximum absolute atomic E-state index is 12.4. The number of amides is 1. The second kappa shape index (κ2) is 8.40. The fraction of sp³-hybridized carbons (Fsp3) is 0.316. The predicted octanol–water partition coefficient (Wildman–Crippen LogP) is 3.88. The van der Waals surface area contributed by atoms with Crippen molar-refractivity contribution < 1.29 is 22.0 Å². The predicted molar refractivity (Wildman–Crippen MR) is 96.8 cm³/mol. The van der Waals surface area contributed by atoms with Crippen LogP contribution in [-0.4, -0.2) is 20.1 Å². The molecule has 0 unspecified atom stereocenters. The maximum atomic E-state index is 12.4. The van der Waals surface area contributed by atoms with Gasteiger partial charge in [-0.1, -0.05) is 43.3 Å². The average molecular weight is 381 g/mol. The second-order valence-electron chi connectivity index (χ2n) is 6.06. The van der Waals surface area contributed by atoms with E-state index in [1.807, 2.05) is 31.2 Å². The molecule has 0 heterocycles. The molecule has 7 heteroatoms. The van der Waals surface area contributed by atoms with Gasteiger partial charge in [-0.3, -0.25) is 4.79 Å². The Morgan fingerprint density at radius 1 is 1.00 bits per heavy atom. The first-order chi connectivity index (χ1) is 12.2. The van der Waals surface area contributed by atoms with Gasteiger partial charge in [0.1, 0.15) is 0 Å². The molecule has 0 saturated heterocycles. The van der Waals surface area contributed by atoms with Gasteiger partial charge in [0.2, 0.25) is 9.84 Å². The molecular formula is C19H21F2NO3S. The Kier molecular flexibility index (Phi) is 6.47. The summed E-state index contributed by atoms with van der Waals surface area (Å²) in [5.41, 5.74) is 2.72. The SMILES string of the molecule is CCc1ccc([C@H](C)NC(=O)c2ccc(CS(=O)(=O)C(F)F)cc2)cc1. The lowest BCUT2D eigenvalue weighted by molar-refractivity contribution is 0.0940. The molecule has 0 radical (unpaired) electrons. The molecule has 26 heavy (non-hydrogen) atoms. The zero-order valence-corrected chi connectivity index (χ0v) is 15.4. The zero-order valence-electron chi connectivity index (χ0n) is 14.6. The molecule has 2 aromatic carbocycles. The number of rotatable bonds is 7. The summed E-state index contributed by atoms with van der Waals surface area (Å²) in [6, 6.07) is 13.3. The minimum Gasteiger partial charge on any atom is -0.346 e. The van der Waals surface area contributed by atoms with Gasteiger partial charge >= 0.3 is 5.76 Å². The molecule has 140 valence electrons. The number of halogens is 2. The van der Waals surface area contributed by atoms with E-state index in [0.717, 1.165) is 12.0 Å². The van der Waals surface area contributed by atoms with E-state index in [4.69, 9.17) is 0 Å². The van der Waals surface area contributed by atoms with E-state index >= 15 is 0 Å². The van der Waals surface area contributed by atoms with Crippen LogP contribution in [0.3, 0.4) is 0 Å². The lowest BCUT2D eigenvalue weighted by atomic mass is 10.0. The fourth-order valence-corrected chi connectivity index (χ4v) is 3.24. The lowest BCUT2D eigenvalue weighted by Gasteiger charge is -2.15. The van der Waals surface area contributed by atoms with Crippen LogP contribution in [0.4, 0.5) is 8.78 Å². The standard InChI is InChI=1S/C19H21F2NO3S/c1-3-14-4-8-16(9-5-14)13(2)22-18(23)17-10-6-15(7-11-17)12-26(24,25)19(20)21/h4-11,13,19H,3,12H2,1-2H3,(H,22,23)/t13-/m0/s1. The highest BCUT2D eigenvalue weighted by Crippen LogP contribution is 2.17. The zero-order chi connectivity index (χ0) is 19.3. The summed E-state index contributed by atoms with van der Waals surface area (Å²) in [5, 5.41) is 2.86. The first-order valence-electron chi connectivity index (χ1n) is 8.21. The number of nitrogens with one attached hydrogen (secondary N) is 1. The van der Waals surface area contributed by atoms with Crippen molar-refractivity contribution in [3.05, 3.63) is 70.8 Å². The Morgan fingerprint density at radius 3 is 2.04 bits per heavy atom. The van der Waals surface area contributed by atoms with Gasteiger partial charge in [-0.25, -0.2) is 8.42 Å². The van der Waals surface area contributed by atoms with Gasteiger partial charge < -0.3 is 5.32 Å². The molecule has 2 rings (SSSR count). The van der Waals surface area contributed by atoms with E-state index < -0.39 is 21.3 Å². The van der Waals surface area contributed by atoms with Crippen LogP contribution in [0, 0.1) is 0 Å². The molecule has 0 aromatic heterocycles. The van der Waals surface area contributed by atoms with E-state index in [1.54, 1.807) is 0 Å². The molecule has 0 spiro atoms. The van der Waals surface area contributed by atoms with Crippen LogP contribution >= 0.6 is 0 Å². The molecule has 1 atom stereocenters. The summed E-state index contributed by atoms with van der Waals surface area (Å²) in [5.74, 6) is -4.49. The first-order valence-corrected chi connectivity index (χ1v) is 9.93. The summed E-state index contributed by atoms with van der Waals surface area (Å²) in [6.45, 7) is 3.93. The van der Waals surface area contributed by atoms with Crippen LogP contribution in [-0.2, 0) is 22.0 Å². The van der Waals surface area contributed by atoms with Crippen molar-refractivity contribution in [1.29, 1.82) is 0 Å². The number of sulfone groups is 1. The summed E-state index contributed by atoms with van der Waals surface area (Å²) in [7, 11) is -4.48. The first kappa shape index (κ1) is 20.0. The van der Waals surface area contributed by atoms with E-state index in [2.05, 4.69) is 12.2 Å². The van der Waals surface area contributed by atoms with Gasteiger partial charge in [-0.05, 0) is 42.2 Å². The summed E-state index contributed by atoms with van der Waals surface area (Å²) >= 11 is 0. The topological polar surface area (TPSA) is 63.2 Å². The minimum atomic E-state index is -4.48. The van der Waals surface area contributed by atoms with Crippen molar-refractivity contribution in [1.82, 2.24) is 5.32 Å². The van der Waals surface area contributed by atoms with Crippen LogP contribution in [0.15, 0.2) is 48.5 Å². The molecule has 4 nitrogen and oxygen atoms in total. The number of hydrogen-bond acceptors (Lipinski definition) is 3. The van der Waals surface area contributed by atoms with Gasteiger partial charge in [0.25, 0.3) is 5.91 Å². The third-order valence-electron chi connectivity index (χ3n) is 4.09. The number of aryl methyl sites for hydroxylation is 1. The second-order valence-corrected chi connectivity index (χ2v) is 8.03. The van der Waals surface area contributed by atoms with E-state index in [9.17, 15) is 22.0 Å². The molecule has 0 aliphatic heterocycles. The van der Waals surface area contributed by atoms with Gasteiger partial charge in [0.05, 0.1) is 11.8 Å². The number of carbonyl (C=O) groups excluding carboxylic acids is 1. The third kappa shape index (κ3) is 5.11. The van der Waals surface area contributed by atoms with E-state index in [-0.39, 0.29) is 17.5 Å². The van der Waals surface area contributed by atoms with Crippen LogP contribution in [0.1, 0.15) is 46.9 Å². The number of benzene rings is 2. The molecule has 1 amide bonds. The van der Waals surface area contributed by atoms with Crippen molar-refractivity contribution in [3.63, 3.8) is 0 Å². The van der Waals surface area contributed by atoms with Crippen molar-refractivity contribution in [3.8, 4) is 0 Å². The Morgan fingerprint density at radius 2 is 1.54 bits per heavy atom. The Hall–Kier alpha value is -2.28. The number of alkyl halides is 2. The van der Waals surface area contributed by atoms with Crippen LogP contribution in [0.2, 0.25) is 0 Å². The highest BCUT2D eigenvalue weighted by Gasteiger charge is 2.24. The highest BCUT2D eigenvalue weighted by molar-refractivity contribution is 7.90. The van der Waals surface area contributed by atoms with Crippen molar-refractivity contribution in [2.24, 2.45) is 0 Å². The van der Waals surface area contributed by atoms with Gasteiger partial charge in [0.15, 0.2) is 0 Å². The molecule has 0 bridgehead atoms. The summed E-state index contributed by atoms with van der Waals surface area (Å²) < 4.78 is 47.3. The van der Waals surface area contributed by atoms with Gasteiger partial charge in [-0.2, -0.15) is 8.78 Å². The Labute approximate surface area is 152 Å². The lowest BCUT2D eigenvalue weighted by Crippen LogP contribution is -2.26. The average Bonchev–Trinajstić information content (AvgIpc) is 2.61. The Bertz CT molecular complexity index is 847. The Balaban J connectivity index is 2.03. The van der Waals surface area contributed by atoms with Crippen LogP contribution in [0.5, 0.6) is 0 Å². The smallest absolute Gasteiger partial charge is 0.337 e. The monoisotopic (exact) mass is 381 g/mol. The van der Waals surface area contributed by atoms with Gasteiger partial charge in [0, 0.05) is 5.56 Å². The normalized spacial score (nSPS) is 12.8. The third-order valence-corrected chi connectivity index (χ3v) is 5.37. The molecule has 0 aliphatic carbocycles. The van der Waals surface area contributed by atoms with Crippen LogP contribution in [0.25, 0.3) is 0 Å². The molecular weight excluding hydrogens is 360 g/mol. The minimum absolute atomic E-state index is 0.202. The fourth-order valence-electron chi connectivity index (χ4n) is 2.45. The van der Waals surface area contributed by atoms with Crippen LogP contribution < -0.4 is 5.32 Å². The molecule has 0 aliphatic rings. The van der Waals surface area contributed by atoms with Crippen molar-refractivity contribution in [2.75, 3.05) is 0 Å². The van der Waals surface area contributed by atoms with Crippen molar-refractivity contribution >= 4 is 15.7 Å². The summed E-state index contributed by atoms with van der Waals surface area (Å²) in [6.07, 6.45) is 0.939. The van der Waals surface area contributed by atoms with E-state index in [1.165, 1.54) is 29.8 Å². The largest absolute Gasteiger partial charge is 0.346 e. The maximum Gasteiger partial charge on any atom is 0.337 e. The molecule has 0 saturated carbocycles. The van der Waals surface area contributed by atoms with Crippen molar-refractivity contribution in [2.45, 2.75) is 37.8 Å². The molecule has 0 fully saturated rings.